The summed E-state index contributed by atoms with van der Waals surface area (Å²) in [5.41, 5.74) is 7.01. The fraction of sp³-hybridized carbons (Fsp3) is 0.111. The van der Waals surface area contributed by atoms with Gasteiger partial charge in [0.1, 0.15) is 0 Å². The molecule has 0 N–H and O–H groups in total. The molecule has 2 atom stereocenters. The number of hydrogen-bond acceptors (Lipinski definition) is 1. The van der Waals surface area contributed by atoms with Gasteiger partial charge in [0.25, 0.3) is 0 Å². The third-order valence-electron chi connectivity index (χ3n) is 8.23. The van der Waals surface area contributed by atoms with E-state index < -0.39 is 0 Å². The molecular weight excluding hydrogens is 464 g/mol. The SMILES string of the molecule is C1=CCCC(c2c3ccccc3c(-c3ccc4ccccc4c3)c3cc4c(cc23)C2C=CC=CC2S4)=C1. The van der Waals surface area contributed by atoms with Gasteiger partial charge in [-0.3, -0.25) is 0 Å². The maximum Gasteiger partial charge on any atom is 0.0381 e. The largest absolute Gasteiger partial charge is 0.117 e. The molecule has 0 saturated carbocycles. The topological polar surface area (TPSA) is 0 Å². The summed E-state index contributed by atoms with van der Waals surface area (Å²) in [6.07, 6.45) is 18.3. The molecular formula is C36H26S. The Labute approximate surface area is 221 Å². The third kappa shape index (κ3) is 3.31. The van der Waals surface area contributed by atoms with E-state index in [1.807, 2.05) is 11.8 Å². The molecule has 0 aromatic heterocycles. The standard InChI is InChI=1S/C36H26S/c1-2-11-24(12-3-1)35-28-15-6-7-16-29(28)36(26-19-18-23-10-4-5-13-25(23)20-26)32-22-34-30(21-31(32)35)27-14-8-9-17-33(27)37-34/h1-2,4-11,13-22,27,33H,3,12H2. The molecule has 1 heteroatoms. The van der Waals surface area contributed by atoms with Crippen LogP contribution in [0.5, 0.6) is 0 Å². The van der Waals surface area contributed by atoms with Crippen molar-refractivity contribution in [2.24, 2.45) is 0 Å². The van der Waals surface area contributed by atoms with Gasteiger partial charge in [0.2, 0.25) is 0 Å². The lowest BCUT2D eigenvalue weighted by Gasteiger charge is -2.21. The van der Waals surface area contributed by atoms with E-state index >= 15 is 0 Å². The van der Waals surface area contributed by atoms with Crippen LogP contribution >= 0.6 is 11.8 Å². The van der Waals surface area contributed by atoms with Crippen LogP contribution < -0.4 is 0 Å². The molecule has 3 aliphatic rings. The number of rotatable bonds is 2. The minimum Gasteiger partial charge on any atom is -0.117 e. The summed E-state index contributed by atoms with van der Waals surface area (Å²) in [7, 11) is 0. The van der Waals surface area contributed by atoms with Crippen molar-refractivity contribution in [3.63, 3.8) is 0 Å². The molecule has 0 nitrogen and oxygen atoms in total. The lowest BCUT2D eigenvalue weighted by Crippen LogP contribution is -2.06. The first-order valence-electron chi connectivity index (χ1n) is 13.2. The molecule has 2 aliphatic carbocycles. The summed E-state index contributed by atoms with van der Waals surface area (Å²) in [5.74, 6) is 0.457. The van der Waals surface area contributed by atoms with Crippen molar-refractivity contribution < 1.29 is 0 Å². The highest BCUT2D eigenvalue weighted by molar-refractivity contribution is 8.00. The van der Waals surface area contributed by atoms with Crippen molar-refractivity contribution in [2.75, 3.05) is 0 Å². The minimum atomic E-state index is 0.457. The maximum atomic E-state index is 2.54. The predicted molar refractivity (Wildman–Crippen MR) is 161 cm³/mol. The molecule has 0 spiro atoms. The first-order valence-corrected chi connectivity index (χ1v) is 14.1. The van der Waals surface area contributed by atoms with Gasteiger partial charge < -0.3 is 0 Å². The quantitative estimate of drug-likeness (QED) is 0.222. The number of benzene rings is 5. The molecule has 0 fully saturated rings. The van der Waals surface area contributed by atoms with E-state index in [2.05, 4.69) is 121 Å². The highest BCUT2D eigenvalue weighted by Crippen LogP contribution is 2.52. The van der Waals surface area contributed by atoms with Gasteiger partial charge >= 0.3 is 0 Å². The van der Waals surface area contributed by atoms with Crippen LogP contribution in [0.2, 0.25) is 0 Å². The molecule has 5 aromatic carbocycles. The monoisotopic (exact) mass is 490 g/mol. The van der Waals surface area contributed by atoms with Crippen LogP contribution in [0, 0.1) is 0 Å². The molecule has 176 valence electrons. The average Bonchev–Trinajstić information content (AvgIpc) is 3.32. The van der Waals surface area contributed by atoms with Gasteiger partial charge in [-0.2, -0.15) is 0 Å². The second-order valence-corrected chi connectivity index (χ2v) is 11.5. The van der Waals surface area contributed by atoms with Crippen LogP contribution in [0.1, 0.15) is 29.9 Å². The van der Waals surface area contributed by atoms with E-state index in [9.17, 15) is 0 Å². The normalized spacial score (nSPS) is 19.9. The summed E-state index contributed by atoms with van der Waals surface area (Å²) in [6, 6.07) is 29.8. The Morgan fingerprint density at radius 3 is 2.30 bits per heavy atom. The van der Waals surface area contributed by atoms with E-state index in [1.54, 1.807) is 0 Å². The van der Waals surface area contributed by atoms with Gasteiger partial charge in [0.05, 0.1) is 0 Å². The fourth-order valence-corrected chi connectivity index (χ4v) is 7.88. The van der Waals surface area contributed by atoms with Gasteiger partial charge in [-0.05, 0) is 91.2 Å². The number of thioether (sulfide) groups is 1. The van der Waals surface area contributed by atoms with Crippen LogP contribution in [0.25, 0.3) is 49.0 Å². The smallest absolute Gasteiger partial charge is 0.0381 e. The second-order valence-electron chi connectivity index (χ2n) is 10.3. The Hall–Kier alpha value is -3.81. The van der Waals surface area contributed by atoms with Crippen molar-refractivity contribution >= 4 is 49.7 Å². The molecule has 1 heterocycles. The van der Waals surface area contributed by atoms with Gasteiger partial charge in [-0.1, -0.05) is 103 Å². The second kappa shape index (κ2) is 8.36. The zero-order chi connectivity index (χ0) is 24.3. The molecule has 0 saturated heterocycles. The fourth-order valence-electron chi connectivity index (χ4n) is 6.52. The molecule has 8 rings (SSSR count). The summed E-state index contributed by atoms with van der Waals surface area (Å²) in [5, 5.41) is 8.55. The van der Waals surface area contributed by atoms with Crippen molar-refractivity contribution in [3.8, 4) is 11.1 Å². The number of fused-ring (bicyclic) bond motifs is 6. The molecule has 5 aromatic rings. The summed E-state index contributed by atoms with van der Waals surface area (Å²) in [4.78, 5) is 1.43. The van der Waals surface area contributed by atoms with Crippen LogP contribution in [0.4, 0.5) is 0 Å². The van der Waals surface area contributed by atoms with Gasteiger partial charge in [-0.25, -0.2) is 0 Å². The van der Waals surface area contributed by atoms with Crippen molar-refractivity contribution in [1.29, 1.82) is 0 Å². The third-order valence-corrected chi connectivity index (χ3v) is 9.56. The van der Waals surface area contributed by atoms with Crippen LogP contribution in [-0.4, -0.2) is 5.25 Å². The number of hydrogen-bond donors (Lipinski definition) is 0. The maximum absolute atomic E-state index is 2.54. The summed E-state index contributed by atoms with van der Waals surface area (Å²) >= 11 is 2.02. The predicted octanol–water partition coefficient (Wildman–Crippen LogP) is 10.2. The Morgan fingerprint density at radius 2 is 1.43 bits per heavy atom. The van der Waals surface area contributed by atoms with Gasteiger partial charge in [-0.15, -0.1) is 11.8 Å². The molecule has 37 heavy (non-hydrogen) atoms. The van der Waals surface area contributed by atoms with Crippen molar-refractivity contribution in [1.82, 2.24) is 0 Å². The molecule has 2 unspecified atom stereocenters. The average molecular weight is 491 g/mol. The van der Waals surface area contributed by atoms with E-state index in [0.717, 1.165) is 12.8 Å². The lowest BCUT2D eigenvalue weighted by atomic mass is 9.82. The van der Waals surface area contributed by atoms with Crippen LogP contribution in [0.15, 0.2) is 126 Å². The highest BCUT2D eigenvalue weighted by Gasteiger charge is 2.32. The summed E-state index contributed by atoms with van der Waals surface area (Å²) in [6.45, 7) is 0. The summed E-state index contributed by atoms with van der Waals surface area (Å²) < 4.78 is 0. The first kappa shape index (κ1) is 21.3. The lowest BCUT2D eigenvalue weighted by molar-refractivity contribution is 0.883. The van der Waals surface area contributed by atoms with E-state index in [0.29, 0.717) is 11.2 Å². The Bertz CT molecular complexity index is 1860. The van der Waals surface area contributed by atoms with Gasteiger partial charge in [0, 0.05) is 16.1 Å². The Morgan fingerprint density at radius 1 is 0.649 bits per heavy atom. The molecule has 0 bridgehead atoms. The van der Waals surface area contributed by atoms with E-state index in [1.165, 1.54) is 65.0 Å². The number of allylic oxidation sites excluding steroid dienone is 7. The Balaban J connectivity index is 1.51. The molecule has 0 amide bonds. The van der Waals surface area contributed by atoms with E-state index in [-0.39, 0.29) is 0 Å². The van der Waals surface area contributed by atoms with Crippen molar-refractivity contribution in [2.45, 2.75) is 28.9 Å². The Kier molecular flexibility index (Phi) is 4.81. The van der Waals surface area contributed by atoms with Crippen LogP contribution in [-0.2, 0) is 0 Å². The molecule has 1 aliphatic heterocycles. The zero-order valence-corrected chi connectivity index (χ0v) is 21.3. The van der Waals surface area contributed by atoms with Gasteiger partial charge in [0.15, 0.2) is 0 Å². The molecule has 0 radical (unpaired) electrons. The van der Waals surface area contributed by atoms with E-state index in [4.69, 9.17) is 0 Å². The van der Waals surface area contributed by atoms with Crippen LogP contribution in [0.3, 0.4) is 0 Å². The first-order chi connectivity index (χ1) is 18.3. The minimum absolute atomic E-state index is 0.457. The van der Waals surface area contributed by atoms with Crippen molar-refractivity contribution in [3.05, 3.63) is 133 Å². The highest BCUT2D eigenvalue weighted by atomic mass is 32.2. The zero-order valence-electron chi connectivity index (χ0n) is 20.5.